The van der Waals surface area contributed by atoms with Gasteiger partial charge in [0, 0.05) is 6.20 Å². The summed E-state index contributed by atoms with van der Waals surface area (Å²) in [6.07, 6.45) is 1.70. The first-order chi connectivity index (χ1) is 10.6. The summed E-state index contributed by atoms with van der Waals surface area (Å²) in [4.78, 5) is 30.4. The average molecular weight is 339 g/mol. The number of carbonyl (C=O) groups is 2. The van der Waals surface area contributed by atoms with Crippen molar-refractivity contribution in [2.24, 2.45) is 0 Å². The maximum absolute atomic E-state index is 12.9. The third-order valence-corrected chi connectivity index (χ3v) is 4.47. The van der Waals surface area contributed by atoms with Gasteiger partial charge in [-0.25, -0.2) is 4.98 Å². The molecule has 2 heterocycles. The molecule has 7 heteroatoms. The summed E-state index contributed by atoms with van der Waals surface area (Å²) in [5, 5.41) is 9.87. The number of hydrogen-bond acceptors (Lipinski definition) is 5. The molecule has 2 aliphatic rings. The van der Waals surface area contributed by atoms with Crippen LogP contribution in [-0.2, 0) is 19.7 Å². The van der Waals surface area contributed by atoms with Gasteiger partial charge < -0.3 is 9.84 Å². The van der Waals surface area contributed by atoms with Gasteiger partial charge in [-0.2, -0.15) is 0 Å². The van der Waals surface area contributed by atoms with Gasteiger partial charge in [0.1, 0.15) is 12.1 Å². The van der Waals surface area contributed by atoms with Crippen molar-refractivity contribution in [2.75, 3.05) is 11.4 Å². The predicted octanol–water partition coefficient (Wildman–Crippen LogP) is 1.82. The van der Waals surface area contributed by atoms with Crippen LogP contribution in [0.3, 0.4) is 0 Å². The number of halogens is 1. The van der Waals surface area contributed by atoms with Gasteiger partial charge in [0.15, 0.2) is 5.15 Å². The number of aromatic nitrogens is 1. The molecular formula is C16H19ClN2O4. The van der Waals surface area contributed by atoms with E-state index in [1.54, 1.807) is 26.8 Å². The normalized spacial score (nSPS) is 26.2. The zero-order valence-corrected chi connectivity index (χ0v) is 14.1. The molecule has 1 aliphatic carbocycles. The van der Waals surface area contributed by atoms with E-state index in [0.717, 1.165) is 5.56 Å². The molecule has 1 N–H and O–H groups in total. The van der Waals surface area contributed by atoms with Gasteiger partial charge in [-0.3, -0.25) is 14.5 Å². The number of amides is 1. The molecule has 0 bridgehead atoms. The maximum Gasteiger partial charge on any atom is 0.326 e. The van der Waals surface area contributed by atoms with Crippen LogP contribution in [0.4, 0.5) is 5.69 Å². The smallest absolute Gasteiger partial charge is 0.326 e. The summed E-state index contributed by atoms with van der Waals surface area (Å²) >= 11 is 6.17. The molecule has 6 nitrogen and oxygen atoms in total. The van der Waals surface area contributed by atoms with Crippen LogP contribution >= 0.6 is 11.6 Å². The third kappa shape index (κ3) is 2.60. The highest BCUT2D eigenvalue weighted by atomic mass is 35.5. The molecule has 1 aliphatic heterocycles. The topological polar surface area (TPSA) is 79.7 Å². The number of carbonyl (C=O) groups excluding carboxylic acids is 2. The van der Waals surface area contributed by atoms with E-state index < -0.39 is 23.1 Å². The minimum absolute atomic E-state index is 0.178. The Morgan fingerprint density at radius 1 is 1.52 bits per heavy atom. The third-order valence-electron chi connectivity index (χ3n) is 4.20. The number of nitrogens with zero attached hydrogens (tertiary/aromatic N) is 2. The number of ether oxygens (including phenoxy) is 1. The monoisotopic (exact) mass is 338 g/mol. The molecular weight excluding hydrogens is 320 g/mol. The van der Waals surface area contributed by atoms with E-state index in [2.05, 4.69) is 4.98 Å². The van der Waals surface area contributed by atoms with Gasteiger partial charge in [-0.15, -0.1) is 0 Å². The van der Waals surface area contributed by atoms with Gasteiger partial charge in [-0.1, -0.05) is 11.6 Å². The molecule has 1 aromatic rings. The maximum atomic E-state index is 12.9. The van der Waals surface area contributed by atoms with E-state index in [1.807, 2.05) is 0 Å². The molecule has 0 unspecified atom stereocenters. The number of esters is 1. The molecule has 0 atom stereocenters. The van der Waals surface area contributed by atoms with Crippen LogP contribution in [0.15, 0.2) is 12.3 Å². The van der Waals surface area contributed by atoms with E-state index in [9.17, 15) is 14.7 Å². The Morgan fingerprint density at radius 2 is 2.17 bits per heavy atom. The van der Waals surface area contributed by atoms with E-state index in [0.29, 0.717) is 18.5 Å². The van der Waals surface area contributed by atoms with Gasteiger partial charge >= 0.3 is 5.97 Å². The molecule has 0 radical (unpaired) electrons. The lowest BCUT2D eigenvalue weighted by molar-refractivity contribution is -0.154. The first kappa shape index (κ1) is 16.2. The van der Waals surface area contributed by atoms with Crippen molar-refractivity contribution in [2.45, 2.75) is 50.7 Å². The molecule has 1 amide bonds. The molecule has 1 spiro atoms. The minimum atomic E-state index is -0.788. The Balaban J connectivity index is 1.94. The van der Waals surface area contributed by atoms with Crippen LogP contribution < -0.4 is 4.90 Å². The lowest BCUT2D eigenvalue weighted by Gasteiger charge is -2.41. The fourth-order valence-electron chi connectivity index (χ4n) is 3.34. The molecule has 0 aromatic carbocycles. The van der Waals surface area contributed by atoms with Crippen molar-refractivity contribution >= 4 is 29.2 Å². The number of fused-ring (bicyclic) bond motifs is 2. The highest BCUT2D eigenvalue weighted by molar-refractivity contribution is 6.34. The van der Waals surface area contributed by atoms with Crippen molar-refractivity contribution in [3.8, 4) is 0 Å². The summed E-state index contributed by atoms with van der Waals surface area (Å²) in [7, 11) is 0. The number of pyridine rings is 1. The average Bonchev–Trinajstić information content (AvgIpc) is 2.60. The Morgan fingerprint density at radius 3 is 2.74 bits per heavy atom. The van der Waals surface area contributed by atoms with Gasteiger partial charge in [0.2, 0.25) is 5.91 Å². The number of rotatable bonds is 2. The number of hydrogen-bond donors (Lipinski definition) is 1. The van der Waals surface area contributed by atoms with Crippen LogP contribution in [0, 0.1) is 0 Å². The van der Waals surface area contributed by atoms with Gasteiger partial charge in [0.25, 0.3) is 0 Å². The summed E-state index contributed by atoms with van der Waals surface area (Å²) in [6.45, 7) is 5.08. The quantitative estimate of drug-likeness (QED) is 0.657. The molecule has 1 fully saturated rings. The largest absolute Gasteiger partial charge is 0.459 e. The first-order valence-electron chi connectivity index (χ1n) is 7.51. The van der Waals surface area contributed by atoms with Crippen LogP contribution in [0.2, 0.25) is 5.15 Å². The first-order valence-corrected chi connectivity index (χ1v) is 7.89. The molecule has 124 valence electrons. The molecule has 0 saturated heterocycles. The highest BCUT2D eigenvalue weighted by Crippen LogP contribution is 2.54. The predicted molar refractivity (Wildman–Crippen MR) is 84.4 cm³/mol. The van der Waals surface area contributed by atoms with Crippen molar-refractivity contribution in [1.29, 1.82) is 0 Å². The van der Waals surface area contributed by atoms with Crippen molar-refractivity contribution in [1.82, 2.24) is 4.98 Å². The second-order valence-electron chi connectivity index (χ2n) is 7.12. The van der Waals surface area contributed by atoms with Crippen LogP contribution in [0.25, 0.3) is 0 Å². The SMILES string of the molecule is CC(C)(C)OC(=O)CN1C(=O)C2(CC(O)C2)c2ccnc(Cl)c21. The molecule has 1 aromatic heterocycles. The number of anilines is 1. The Kier molecular flexibility index (Phi) is 3.65. The Bertz CT molecular complexity index is 677. The van der Waals surface area contributed by atoms with E-state index >= 15 is 0 Å². The van der Waals surface area contributed by atoms with E-state index in [-0.39, 0.29) is 17.6 Å². The highest BCUT2D eigenvalue weighted by Gasteiger charge is 2.59. The second-order valence-corrected chi connectivity index (χ2v) is 7.48. The van der Waals surface area contributed by atoms with Crippen molar-refractivity contribution in [3.63, 3.8) is 0 Å². The van der Waals surface area contributed by atoms with Crippen molar-refractivity contribution in [3.05, 3.63) is 23.0 Å². The molecule has 23 heavy (non-hydrogen) atoms. The summed E-state index contributed by atoms with van der Waals surface area (Å²) in [5.41, 5.74) is -0.233. The number of aliphatic hydroxyl groups is 1. The Hall–Kier alpha value is -1.66. The van der Waals surface area contributed by atoms with Crippen LogP contribution in [0.5, 0.6) is 0 Å². The van der Waals surface area contributed by atoms with E-state index in [4.69, 9.17) is 16.3 Å². The lowest BCUT2D eigenvalue weighted by Crippen LogP contribution is -2.52. The van der Waals surface area contributed by atoms with Crippen LogP contribution in [-0.4, -0.2) is 40.2 Å². The fraction of sp³-hybridized carbons (Fsp3) is 0.562. The second kappa shape index (κ2) is 5.18. The number of aliphatic hydroxyl groups excluding tert-OH is 1. The molecule has 3 rings (SSSR count). The standard InChI is InChI=1S/C16H19ClN2O4/c1-15(2,3)23-11(21)8-19-12-10(4-5-18-13(12)17)16(14(19)22)6-9(20)7-16/h4-5,9,20H,6-8H2,1-3H3. The zero-order chi connectivity index (χ0) is 17.0. The van der Waals surface area contributed by atoms with Crippen molar-refractivity contribution < 1.29 is 19.4 Å². The van der Waals surface area contributed by atoms with E-state index in [1.165, 1.54) is 11.1 Å². The summed E-state index contributed by atoms with van der Waals surface area (Å²) in [6, 6.07) is 1.74. The van der Waals surface area contributed by atoms with Gasteiger partial charge in [0.05, 0.1) is 17.2 Å². The van der Waals surface area contributed by atoms with Crippen LogP contribution in [0.1, 0.15) is 39.2 Å². The lowest BCUT2D eigenvalue weighted by atomic mass is 9.63. The molecule has 1 saturated carbocycles. The minimum Gasteiger partial charge on any atom is -0.459 e. The van der Waals surface area contributed by atoms with Gasteiger partial charge in [-0.05, 0) is 45.2 Å². The summed E-state index contributed by atoms with van der Waals surface area (Å²) < 4.78 is 5.30. The summed E-state index contributed by atoms with van der Waals surface area (Å²) in [5.74, 6) is -0.729. The fourth-order valence-corrected chi connectivity index (χ4v) is 3.60. The zero-order valence-electron chi connectivity index (χ0n) is 13.3. The Labute approximate surface area is 139 Å².